The van der Waals surface area contributed by atoms with E-state index in [1.54, 1.807) is 0 Å². The third-order valence-electron chi connectivity index (χ3n) is 6.01. The lowest BCUT2D eigenvalue weighted by molar-refractivity contribution is 0.303. The number of aromatic nitrogens is 1. The van der Waals surface area contributed by atoms with E-state index in [2.05, 4.69) is 61.0 Å². The summed E-state index contributed by atoms with van der Waals surface area (Å²) in [4.78, 5) is 4.42. The highest BCUT2D eigenvalue weighted by molar-refractivity contribution is 5.41. The number of pyridine rings is 1. The molecule has 0 atom stereocenters. The summed E-state index contributed by atoms with van der Waals surface area (Å²) in [6, 6.07) is 13.1. The Hall–Kier alpha value is -2.07. The Labute approximate surface area is 165 Å². The summed E-state index contributed by atoms with van der Waals surface area (Å²) in [7, 11) is 0. The Morgan fingerprint density at radius 2 is 1.67 bits per heavy atom. The van der Waals surface area contributed by atoms with Gasteiger partial charge in [-0.25, -0.2) is 4.98 Å². The molecule has 0 N–H and O–H groups in total. The van der Waals surface area contributed by atoms with Crippen LogP contribution >= 0.6 is 0 Å². The highest BCUT2D eigenvalue weighted by atomic mass is 14.7. The van der Waals surface area contributed by atoms with Gasteiger partial charge in [-0.3, -0.25) is 0 Å². The number of aryl methyl sites for hydroxylation is 1. The van der Waals surface area contributed by atoms with Crippen molar-refractivity contribution in [3.8, 4) is 11.8 Å². The predicted molar refractivity (Wildman–Crippen MR) is 115 cm³/mol. The summed E-state index contributed by atoms with van der Waals surface area (Å²) in [5.74, 6) is 8.16. The third kappa shape index (κ3) is 5.96. The monoisotopic (exact) mass is 359 g/mol. The van der Waals surface area contributed by atoms with Crippen LogP contribution in [0.25, 0.3) is 0 Å². The highest BCUT2D eigenvalue weighted by Gasteiger charge is 2.21. The molecular formula is C26H33N. The van der Waals surface area contributed by atoms with Gasteiger partial charge in [0, 0.05) is 11.8 Å². The lowest BCUT2D eigenvalue weighted by Crippen LogP contribution is -2.13. The fourth-order valence-corrected chi connectivity index (χ4v) is 4.15. The molecule has 1 fully saturated rings. The Balaban J connectivity index is 1.53. The Morgan fingerprint density at radius 1 is 0.889 bits per heavy atom. The molecule has 142 valence electrons. The minimum atomic E-state index is 0.748. The zero-order valence-electron chi connectivity index (χ0n) is 17.0. The molecule has 0 bridgehead atoms. The second kappa shape index (κ2) is 10.3. The van der Waals surface area contributed by atoms with Crippen molar-refractivity contribution < 1.29 is 0 Å². The molecule has 1 aliphatic carbocycles. The molecule has 1 aliphatic rings. The fraction of sp³-hybridized carbons (Fsp3) is 0.500. The van der Waals surface area contributed by atoms with Crippen molar-refractivity contribution in [2.45, 2.75) is 77.6 Å². The van der Waals surface area contributed by atoms with Crippen LogP contribution in [-0.4, -0.2) is 4.98 Å². The molecule has 0 spiro atoms. The van der Waals surface area contributed by atoms with Crippen molar-refractivity contribution in [1.82, 2.24) is 4.98 Å². The lowest BCUT2D eigenvalue weighted by Gasteiger charge is -2.29. The van der Waals surface area contributed by atoms with Crippen LogP contribution in [0.5, 0.6) is 0 Å². The van der Waals surface area contributed by atoms with Crippen LogP contribution in [0.1, 0.15) is 93.5 Å². The third-order valence-corrected chi connectivity index (χ3v) is 6.01. The van der Waals surface area contributed by atoms with E-state index in [-0.39, 0.29) is 0 Å². The molecule has 0 radical (unpaired) electrons. The van der Waals surface area contributed by atoms with Gasteiger partial charge in [-0.15, -0.1) is 0 Å². The molecule has 1 aromatic carbocycles. The number of unbranched alkanes of at least 4 members (excludes halogenated alkanes) is 2. The molecule has 2 aromatic rings. The van der Waals surface area contributed by atoms with Crippen molar-refractivity contribution >= 4 is 0 Å². The van der Waals surface area contributed by atoms with E-state index in [9.17, 15) is 0 Å². The predicted octanol–water partition coefficient (Wildman–Crippen LogP) is 6.90. The van der Waals surface area contributed by atoms with Gasteiger partial charge in [0.2, 0.25) is 0 Å². The van der Waals surface area contributed by atoms with Crippen molar-refractivity contribution in [2.24, 2.45) is 5.92 Å². The molecule has 1 saturated carbocycles. The Morgan fingerprint density at radius 3 is 2.30 bits per heavy atom. The van der Waals surface area contributed by atoms with E-state index < -0.39 is 0 Å². The van der Waals surface area contributed by atoms with Gasteiger partial charge < -0.3 is 0 Å². The summed E-state index contributed by atoms with van der Waals surface area (Å²) >= 11 is 0. The quantitative estimate of drug-likeness (QED) is 0.404. The zero-order valence-corrected chi connectivity index (χ0v) is 17.0. The van der Waals surface area contributed by atoms with Gasteiger partial charge in [-0.1, -0.05) is 63.7 Å². The minimum Gasteiger partial charge on any atom is -0.248 e. The second-order valence-corrected chi connectivity index (χ2v) is 7.99. The van der Waals surface area contributed by atoms with Crippen molar-refractivity contribution in [1.29, 1.82) is 0 Å². The maximum atomic E-state index is 4.42. The van der Waals surface area contributed by atoms with Crippen molar-refractivity contribution in [3.63, 3.8) is 0 Å². The first-order valence-electron chi connectivity index (χ1n) is 10.9. The van der Waals surface area contributed by atoms with Gasteiger partial charge in [0.25, 0.3) is 0 Å². The Kier molecular flexibility index (Phi) is 7.52. The van der Waals surface area contributed by atoms with E-state index in [1.807, 2.05) is 12.3 Å². The maximum absolute atomic E-state index is 4.42. The molecular weight excluding hydrogens is 326 g/mol. The number of benzene rings is 1. The number of nitrogens with zero attached hydrogens (tertiary/aromatic N) is 1. The summed E-state index contributed by atoms with van der Waals surface area (Å²) < 4.78 is 0. The fourth-order valence-electron chi connectivity index (χ4n) is 4.15. The van der Waals surface area contributed by atoms with Gasteiger partial charge in [0.1, 0.15) is 5.69 Å². The molecule has 3 rings (SSSR count). The molecule has 0 saturated heterocycles. The molecule has 0 amide bonds. The summed E-state index contributed by atoms with van der Waals surface area (Å²) in [6.07, 6.45) is 14.1. The summed E-state index contributed by atoms with van der Waals surface area (Å²) in [5, 5.41) is 0. The van der Waals surface area contributed by atoms with Crippen molar-refractivity contribution in [3.05, 3.63) is 65.0 Å². The number of rotatable bonds is 6. The zero-order chi connectivity index (χ0) is 18.9. The smallest absolute Gasteiger partial charge is 0.113 e. The van der Waals surface area contributed by atoms with Crippen molar-refractivity contribution in [2.75, 3.05) is 0 Å². The van der Waals surface area contributed by atoms with E-state index in [0.29, 0.717) is 0 Å². The van der Waals surface area contributed by atoms with Gasteiger partial charge in [-0.05, 0) is 79.2 Å². The largest absolute Gasteiger partial charge is 0.248 e. The SMILES string of the molecule is CCCCC[C@H]1CC[C@H](c2ccc(C#Cc3ccc(CC)cn3)cc2)CC1. The molecule has 27 heavy (non-hydrogen) atoms. The van der Waals surface area contributed by atoms with Crippen LogP contribution in [-0.2, 0) is 6.42 Å². The van der Waals surface area contributed by atoms with Crippen LogP contribution in [0.3, 0.4) is 0 Å². The average molecular weight is 360 g/mol. The molecule has 1 heteroatoms. The van der Waals surface area contributed by atoms with Crippen LogP contribution in [0.4, 0.5) is 0 Å². The first kappa shape index (κ1) is 19.7. The first-order chi connectivity index (χ1) is 13.3. The molecule has 1 aromatic heterocycles. The van der Waals surface area contributed by atoms with Crippen LogP contribution in [0.15, 0.2) is 42.6 Å². The van der Waals surface area contributed by atoms with Gasteiger partial charge in [-0.2, -0.15) is 0 Å². The topological polar surface area (TPSA) is 12.9 Å². The molecule has 1 heterocycles. The maximum Gasteiger partial charge on any atom is 0.113 e. The average Bonchev–Trinajstić information content (AvgIpc) is 2.74. The standard InChI is InChI=1S/C26H33N/c1-3-5-6-7-22-8-14-24(15-9-22)25-16-10-23(11-17-25)13-19-26-18-12-21(4-2)20-27-26/h10-12,16-18,20,22,24H,3-9,14-15H2,1-2H3/t22-,24-. The molecule has 0 unspecified atom stereocenters. The first-order valence-corrected chi connectivity index (χ1v) is 10.9. The number of hydrogen-bond acceptors (Lipinski definition) is 1. The van der Waals surface area contributed by atoms with E-state index in [4.69, 9.17) is 0 Å². The molecule has 0 aliphatic heterocycles. The van der Waals surface area contributed by atoms with Gasteiger partial charge in [0.05, 0.1) is 0 Å². The summed E-state index contributed by atoms with van der Waals surface area (Å²) in [6.45, 7) is 4.44. The van der Waals surface area contributed by atoms with Gasteiger partial charge >= 0.3 is 0 Å². The lowest BCUT2D eigenvalue weighted by atomic mass is 9.77. The second-order valence-electron chi connectivity index (χ2n) is 7.99. The van der Waals surface area contributed by atoms with E-state index >= 15 is 0 Å². The minimum absolute atomic E-state index is 0.748. The number of hydrogen-bond donors (Lipinski definition) is 0. The highest BCUT2D eigenvalue weighted by Crippen LogP contribution is 2.37. The van der Waals surface area contributed by atoms with E-state index in [1.165, 1.54) is 62.5 Å². The van der Waals surface area contributed by atoms with E-state index in [0.717, 1.165) is 29.5 Å². The van der Waals surface area contributed by atoms with Crippen LogP contribution in [0.2, 0.25) is 0 Å². The van der Waals surface area contributed by atoms with Crippen LogP contribution < -0.4 is 0 Å². The summed E-state index contributed by atoms with van der Waals surface area (Å²) in [5.41, 5.74) is 4.68. The normalized spacial score (nSPS) is 19.3. The molecule has 1 nitrogen and oxygen atoms in total. The Bertz CT molecular complexity index is 738. The van der Waals surface area contributed by atoms with Crippen LogP contribution in [0, 0.1) is 17.8 Å². The van der Waals surface area contributed by atoms with Gasteiger partial charge in [0.15, 0.2) is 0 Å².